The van der Waals surface area contributed by atoms with E-state index in [2.05, 4.69) is 60.3 Å². The van der Waals surface area contributed by atoms with Gasteiger partial charge in [0.05, 0.1) is 11.6 Å². The van der Waals surface area contributed by atoms with E-state index in [-0.39, 0.29) is 24.7 Å². The van der Waals surface area contributed by atoms with Gasteiger partial charge >= 0.3 is 0 Å². The highest BCUT2D eigenvalue weighted by molar-refractivity contribution is 5.99. The number of carbonyl (C=O) groups is 3. The first kappa shape index (κ1) is 39.4. The van der Waals surface area contributed by atoms with Gasteiger partial charge in [-0.2, -0.15) is 4.68 Å². The Balaban J connectivity index is 0.700. The molecule has 0 spiro atoms. The van der Waals surface area contributed by atoms with E-state index in [0.717, 1.165) is 135 Å². The molecule has 2 aliphatic rings. The van der Waals surface area contributed by atoms with Gasteiger partial charge in [0, 0.05) is 81.5 Å². The lowest BCUT2D eigenvalue weighted by atomic mass is 10.1. The second-order valence-corrected chi connectivity index (χ2v) is 15.3. The number of amides is 3. The molecule has 59 heavy (non-hydrogen) atoms. The number of imide groups is 1. The summed E-state index contributed by atoms with van der Waals surface area (Å²) in [5.41, 5.74) is 4.74. The van der Waals surface area contributed by atoms with Crippen molar-refractivity contribution in [2.45, 2.75) is 83.1 Å². The van der Waals surface area contributed by atoms with Crippen molar-refractivity contribution in [2.24, 2.45) is 0 Å². The number of nitrogens with one attached hydrogen (secondary N) is 2. The first-order chi connectivity index (χ1) is 28.9. The fourth-order valence-electron chi connectivity index (χ4n) is 7.97. The topological polar surface area (TPSA) is 186 Å². The molecule has 0 aliphatic carbocycles. The van der Waals surface area contributed by atoms with Crippen LogP contribution in [-0.2, 0) is 27.2 Å². The van der Waals surface area contributed by atoms with Crippen LogP contribution < -0.4 is 21.1 Å². The molecule has 16 nitrogen and oxygen atoms in total. The highest BCUT2D eigenvalue weighted by Gasteiger charge is 2.30. The van der Waals surface area contributed by atoms with E-state index in [1.54, 1.807) is 24.7 Å². The monoisotopic (exact) mass is 799 g/mol. The third-order valence-corrected chi connectivity index (χ3v) is 11.3. The highest BCUT2D eigenvalue weighted by Crippen LogP contribution is 2.27. The van der Waals surface area contributed by atoms with Crippen molar-refractivity contribution in [2.75, 3.05) is 42.9 Å². The van der Waals surface area contributed by atoms with Crippen LogP contribution >= 0.6 is 0 Å². The average Bonchev–Trinajstić information content (AvgIpc) is 3.98. The van der Waals surface area contributed by atoms with E-state index in [4.69, 9.17) is 9.40 Å². The molecule has 2 aromatic carbocycles. The number of hydrogen-bond donors (Lipinski definition) is 2. The zero-order chi connectivity index (χ0) is 40.6. The number of nitrogens with zero attached hydrogens (tertiary/aromatic N) is 9. The molecule has 16 heteroatoms. The van der Waals surface area contributed by atoms with Gasteiger partial charge in [-0.25, -0.2) is 4.98 Å². The van der Waals surface area contributed by atoms with Crippen molar-refractivity contribution < 1.29 is 18.8 Å². The van der Waals surface area contributed by atoms with Gasteiger partial charge in [-0.3, -0.25) is 28.9 Å². The number of hydrogen-bond acceptors (Lipinski definition) is 12. The molecule has 6 aromatic rings. The number of fused-ring (bicyclic) bond motifs is 2. The van der Waals surface area contributed by atoms with Crippen LogP contribution in [0.15, 0.2) is 82.6 Å². The number of benzene rings is 2. The van der Waals surface area contributed by atoms with Crippen molar-refractivity contribution >= 4 is 45.6 Å². The molecule has 3 amide bonds. The van der Waals surface area contributed by atoms with Crippen LogP contribution in [0.2, 0.25) is 0 Å². The minimum absolute atomic E-state index is 0.155. The molecule has 6 heterocycles. The van der Waals surface area contributed by atoms with E-state index in [1.807, 2.05) is 33.7 Å². The summed E-state index contributed by atoms with van der Waals surface area (Å²) in [7, 11) is 0. The van der Waals surface area contributed by atoms with Gasteiger partial charge in [-0.15, -0.1) is 15.3 Å². The number of furan rings is 1. The molecular weight excluding hydrogens is 751 g/mol. The number of anilines is 2. The molecule has 2 N–H and O–H groups in total. The first-order valence-corrected chi connectivity index (χ1v) is 20.7. The summed E-state index contributed by atoms with van der Waals surface area (Å²) < 4.78 is 8.51. The summed E-state index contributed by atoms with van der Waals surface area (Å²) in [4.78, 5) is 59.1. The summed E-state index contributed by atoms with van der Waals surface area (Å²) >= 11 is 0. The van der Waals surface area contributed by atoms with E-state index >= 15 is 0 Å². The smallest absolute Gasteiger partial charge is 0.278 e. The molecule has 1 unspecified atom stereocenters. The van der Waals surface area contributed by atoms with Crippen LogP contribution in [0.5, 0.6) is 0 Å². The molecule has 8 rings (SSSR count). The molecule has 0 radical (unpaired) electrons. The second-order valence-electron chi connectivity index (χ2n) is 15.3. The molecule has 2 fully saturated rings. The summed E-state index contributed by atoms with van der Waals surface area (Å²) in [6, 6.07) is 16.9. The number of piperazine rings is 1. The van der Waals surface area contributed by atoms with Gasteiger partial charge in [0.25, 0.3) is 11.5 Å². The Hall–Kier alpha value is -6.45. The largest absolute Gasteiger partial charge is 0.469 e. The van der Waals surface area contributed by atoms with E-state index in [1.165, 1.54) is 0 Å². The number of aryl methyl sites for hydroxylation is 2. The molecular formula is C43H49N11O5. The highest BCUT2D eigenvalue weighted by atomic mass is 16.3. The van der Waals surface area contributed by atoms with Crippen molar-refractivity contribution in [1.29, 1.82) is 0 Å². The zero-order valence-corrected chi connectivity index (χ0v) is 33.1. The van der Waals surface area contributed by atoms with Gasteiger partial charge < -0.3 is 19.5 Å². The van der Waals surface area contributed by atoms with E-state index in [9.17, 15) is 19.2 Å². The third-order valence-electron chi connectivity index (χ3n) is 11.3. The van der Waals surface area contributed by atoms with Gasteiger partial charge in [0.15, 0.2) is 5.65 Å². The fraction of sp³-hybridized carbons (Fsp3) is 0.419. The van der Waals surface area contributed by atoms with Crippen LogP contribution in [0.3, 0.4) is 0 Å². The predicted molar refractivity (Wildman–Crippen MR) is 222 cm³/mol. The maximum absolute atomic E-state index is 13.2. The average molecular weight is 800 g/mol. The van der Waals surface area contributed by atoms with Gasteiger partial charge in [0.2, 0.25) is 11.8 Å². The van der Waals surface area contributed by atoms with Crippen molar-refractivity contribution in [3.8, 4) is 11.1 Å². The fourth-order valence-corrected chi connectivity index (χ4v) is 7.97. The number of piperidine rings is 1. The van der Waals surface area contributed by atoms with Gasteiger partial charge in [0.1, 0.15) is 29.5 Å². The normalized spacial score (nSPS) is 15.9. The maximum atomic E-state index is 13.2. The Kier molecular flexibility index (Phi) is 12.3. The zero-order valence-electron chi connectivity index (χ0n) is 33.1. The van der Waals surface area contributed by atoms with Crippen LogP contribution in [0.4, 0.5) is 11.4 Å². The minimum atomic E-state index is -0.847. The Bertz CT molecular complexity index is 2450. The molecule has 4 aromatic heterocycles. The van der Waals surface area contributed by atoms with E-state index in [0.29, 0.717) is 17.3 Å². The summed E-state index contributed by atoms with van der Waals surface area (Å²) in [5.74, 6) is 1.18. The Morgan fingerprint density at radius 1 is 0.881 bits per heavy atom. The maximum Gasteiger partial charge on any atom is 0.278 e. The first-order valence-electron chi connectivity index (χ1n) is 20.7. The van der Waals surface area contributed by atoms with Crippen LogP contribution in [0.25, 0.3) is 27.7 Å². The third kappa shape index (κ3) is 9.32. The number of rotatable bonds is 17. The standard InChI is InChI=1S/C43H49N11O5/c55-39-20-18-37(42(57)47-39)54-43(58)34-27-31(13-17-36(34)48-50-54)44-21-7-5-3-1-2-4-6-10-40(56)52-24-22-51(23-25-52)32-14-11-30(12-15-32)35-28-45-38(53-29-46-49-41(35)53)19-16-33-9-8-26-59-33/h8-9,11-15,17,26-29,37,44H,1-7,10,16,18-25H2,(H,47,55,57). The lowest BCUT2D eigenvalue weighted by Crippen LogP contribution is -2.48. The Morgan fingerprint density at radius 2 is 1.68 bits per heavy atom. The van der Waals surface area contributed by atoms with Crippen molar-refractivity contribution in [3.63, 3.8) is 0 Å². The molecule has 2 saturated heterocycles. The molecule has 1 atom stereocenters. The predicted octanol–water partition coefficient (Wildman–Crippen LogP) is 5.13. The lowest BCUT2D eigenvalue weighted by molar-refractivity contribution is -0.136. The van der Waals surface area contributed by atoms with E-state index < -0.39 is 17.5 Å². The Labute approximate surface area is 341 Å². The second kappa shape index (κ2) is 18.4. The van der Waals surface area contributed by atoms with Crippen molar-refractivity contribution in [3.05, 3.63) is 95.3 Å². The quantitative estimate of drug-likeness (QED) is 0.0917. The molecule has 0 saturated carbocycles. The van der Waals surface area contributed by atoms with Crippen molar-refractivity contribution in [1.82, 2.24) is 44.8 Å². The number of carbonyl (C=O) groups excluding carboxylic acids is 3. The number of unbranched alkanes of at least 4 members (excludes halogenated alkanes) is 6. The molecule has 2 aliphatic heterocycles. The lowest BCUT2D eigenvalue weighted by Gasteiger charge is -2.36. The molecule has 0 bridgehead atoms. The molecule has 306 valence electrons. The SMILES string of the molecule is O=C1CCC(n2nnc3ccc(NCCCCCCCCCC(=O)N4CCN(c5ccc(-c6cnc(CCc7ccco7)n7cnnc67)cc5)CC4)cc3c2=O)C(=O)N1. The summed E-state index contributed by atoms with van der Waals surface area (Å²) in [6.45, 7) is 3.84. The number of aromatic nitrogens is 7. The summed E-state index contributed by atoms with van der Waals surface area (Å²) in [5, 5.41) is 22.7. The van der Waals surface area contributed by atoms with Gasteiger partial charge in [-0.1, -0.05) is 49.5 Å². The van der Waals surface area contributed by atoms with Crippen LogP contribution in [0, 0.1) is 0 Å². The summed E-state index contributed by atoms with van der Waals surface area (Å²) in [6.07, 6.45) is 15.2. The van der Waals surface area contributed by atoms with Gasteiger partial charge in [-0.05, 0) is 67.3 Å². The Morgan fingerprint density at radius 3 is 2.46 bits per heavy atom. The van der Waals surface area contributed by atoms with Crippen LogP contribution in [0.1, 0.15) is 81.8 Å². The van der Waals surface area contributed by atoms with Crippen LogP contribution in [-0.4, -0.2) is 89.9 Å². The minimum Gasteiger partial charge on any atom is -0.469 e.